The summed E-state index contributed by atoms with van der Waals surface area (Å²) in [6.07, 6.45) is 5.72. The highest BCUT2D eigenvalue weighted by Crippen LogP contribution is 2.36. The predicted molar refractivity (Wildman–Crippen MR) is 206 cm³/mol. The van der Waals surface area contributed by atoms with Crippen molar-refractivity contribution in [2.24, 2.45) is 13.0 Å². The third-order valence-corrected chi connectivity index (χ3v) is 11.2. The number of benzene rings is 2. The first-order valence-corrected chi connectivity index (χ1v) is 19.0. The van der Waals surface area contributed by atoms with Crippen LogP contribution in [-0.4, -0.2) is 96.9 Å². The van der Waals surface area contributed by atoms with Crippen molar-refractivity contribution >= 4 is 52.1 Å². The lowest BCUT2D eigenvalue weighted by Gasteiger charge is -2.43. The number of hydrogen-bond donors (Lipinski definition) is 2. The number of nitrogens with one attached hydrogen (secondary N) is 2. The molecule has 0 spiro atoms. The molecule has 2 aromatic carbocycles. The minimum absolute atomic E-state index is 0.0161. The van der Waals surface area contributed by atoms with E-state index in [9.17, 15) is 19.2 Å². The molecule has 3 fully saturated rings. The van der Waals surface area contributed by atoms with Crippen LogP contribution in [0.5, 0.6) is 11.5 Å². The molecule has 15 heteroatoms. The average molecular weight is 764 g/mol. The van der Waals surface area contributed by atoms with Gasteiger partial charge in [0.25, 0.3) is 5.91 Å². The molecular weight excluding hydrogens is 722 g/mol. The second-order valence-corrected chi connectivity index (χ2v) is 15.1. The number of imidazole rings is 1. The fourth-order valence-electron chi connectivity index (χ4n) is 7.98. The van der Waals surface area contributed by atoms with E-state index in [1.807, 2.05) is 49.3 Å². The number of H-pyrrole nitrogens is 1. The van der Waals surface area contributed by atoms with Gasteiger partial charge in [-0.25, -0.2) is 9.97 Å². The van der Waals surface area contributed by atoms with Gasteiger partial charge in [0.1, 0.15) is 22.1 Å². The molecule has 3 saturated heterocycles. The largest absolute Gasteiger partial charge is 0.453 e. The van der Waals surface area contributed by atoms with Crippen LogP contribution in [0.15, 0.2) is 60.9 Å². The molecule has 3 atom stereocenters. The van der Waals surface area contributed by atoms with Crippen molar-refractivity contribution in [2.45, 2.75) is 51.5 Å². The number of aryl methyl sites for hydroxylation is 2. The molecule has 2 N–H and O–H groups in total. The maximum Gasteiger partial charge on any atom is 0.253 e. The molecule has 5 aromatic rings. The van der Waals surface area contributed by atoms with E-state index in [2.05, 4.69) is 37.2 Å². The van der Waals surface area contributed by atoms with E-state index in [-0.39, 0.29) is 41.5 Å². The second-order valence-electron chi connectivity index (χ2n) is 14.7. The number of halogens is 1. The number of rotatable bonds is 7. The SMILES string of the molecule is Cc1nn(C)cc1-c1nc2ncc(Cl)c(Oc3ccc(C(=O)N4CCCC(C(=O)N5CCN(c6ccc([C@@H]7CCC(=O)NC7=O)cc6)C[C@H]5C)C4)cc3)c2[nH]1. The fraction of sp³-hybridized carbons (Fsp3) is 0.375. The Balaban J connectivity index is 0.880. The number of nitrogens with zero attached hydrogens (tertiary/aromatic N) is 7. The molecular formula is C40H42ClN9O5. The number of hydrogen-bond acceptors (Lipinski definition) is 9. The maximum absolute atomic E-state index is 13.9. The van der Waals surface area contributed by atoms with Crippen molar-refractivity contribution in [2.75, 3.05) is 37.6 Å². The molecule has 0 saturated carbocycles. The number of ether oxygens (including phenoxy) is 1. The second kappa shape index (κ2) is 14.8. The smallest absolute Gasteiger partial charge is 0.253 e. The highest BCUT2D eigenvalue weighted by atomic mass is 35.5. The molecule has 3 aromatic heterocycles. The molecule has 4 amide bonds. The summed E-state index contributed by atoms with van der Waals surface area (Å²) in [6, 6.07) is 14.8. The van der Waals surface area contributed by atoms with E-state index < -0.39 is 0 Å². The molecule has 3 aliphatic rings. The minimum atomic E-state index is -0.320. The Bertz CT molecular complexity index is 2290. The van der Waals surface area contributed by atoms with Gasteiger partial charge in [-0.2, -0.15) is 5.10 Å². The monoisotopic (exact) mass is 763 g/mol. The third kappa shape index (κ3) is 7.25. The van der Waals surface area contributed by atoms with Crippen LogP contribution in [0, 0.1) is 12.8 Å². The van der Waals surface area contributed by atoms with Crippen LogP contribution in [0.3, 0.4) is 0 Å². The number of aromatic nitrogens is 5. The first-order valence-electron chi connectivity index (χ1n) is 18.6. The third-order valence-electron chi connectivity index (χ3n) is 10.9. The standard InChI is InChI=1S/C40H42ClN9O5/c1-23-20-48(28-10-6-25(7-11-28)30-14-15-33(51)43-38(30)52)17-18-50(23)40(54)27-5-4-16-49(21-27)39(53)26-8-12-29(13-9-26)55-35-32(41)19-42-37-34(35)44-36(45-37)31-22-47(3)46-24(31)2/h6-13,19,22-23,27,30H,4-5,14-18,20-21H2,1-3H3,(H,42,44,45)(H,43,51,52)/t23-,27?,30+/m1/s1. The molecule has 6 heterocycles. The summed E-state index contributed by atoms with van der Waals surface area (Å²) in [5, 5.41) is 7.14. The highest BCUT2D eigenvalue weighted by Gasteiger charge is 2.36. The fourth-order valence-corrected chi connectivity index (χ4v) is 8.17. The summed E-state index contributed by atoms with van der Waals surface area (Å²) < 4.78 is 7.94. The van der Waals surface area contributed by atoms with Crippen molar-refractivity contribution < 1.29 is 23.9 Å². The van der Waals surface area contributed by atoms with E-state index in [4.69, 9.17) is 16.3 Å². The number of likely N-dealkylation sites (tertiary alicyclic amines) is 1. The van der Waals surface area contributed by atoms with E-state index >= 15 is 0 Å². The van der Waals surface area contributed by atoms with E-state index in [1.165, 1.54) is 6.20 Å². The van der Waals surface area contributed by atoms with Crippen molar-refractivity contribution in [1.29, 1.82) is 0 Å². The molecule has 0 aliphatic carbocycles. The Hall–Kier alpha value is -5.76. The van der Waals surface area contributed by atoms with Crippen LogP contribution >= 0.6 is 11.6 Å². The Morgan fingerprint density at radius 1 is 0.982 bits per heavy atom. The van der Waals surface area contributed by atoms with Crippen LogP contribution < -0.4 is 15.0 Å². The number of piperazine rings is 1. The zero-order chi connectivity index (χ0) is 38.4. The van der Waals surface area contributed by atoms with Crippen molar-refractivity contribution in [1.82, 2.24) is 39.8 Å². The minimum Gasteiger partial charge on any atom is -0.453 e. The van der Waals surface area contributed by atoms with Gasteiger partial charge < -0.3 is 24.4 Å². The molecule has 14 nitrogen and oxygen atoms in total. The Morgan fingerprint density at radius 3 is 2.47 bits per heavy atom. The zero-order valence-electron chi connectivity index (χ0n) is 30.9. The summed E-state index contributed by atoms with van der Waals surface area (Å²) in [6.45, 7) is 6.86. The van der Waals surface area contributed by atoms with Crippen molar-refractivity contribution in [3.8, 4) is 22.9 Å². The zero-order valence-corrected chi connectivity index (χ0v) is 31.7. The highest BCUT2D eigenvalue weighted by molar-refractivity contribution is 6.32. The van der Waals surface area contributed by atoms with Gasteiger partial charge in [-0.15, -0.1) is 0 Å². The normalized spacial score (nSPS) is 20.5. The Morgan fingerprint density at radius 2 is 1.76 bits per heavy atom. The van der Waals surface area contributed by atoms with E-state index in [0.717, 1.165) is 35.3 Å². The molecule has 0 bridgehead atoms. The molecule has 284 valence electrons. The molecule has 1 unspecified atom stereocenters. The van der Waals surface area contributed by atoms with Gasteiger partial charge in [-0.05, 0) is 75.1 Å². The molecule has 55 heavy (non-hydrogen) atoms. The lowest BCUT2D eigenvalue weighted by molar-refractivity contribution is -0.139. The van der Waals surface area contributed by atoms with Crippen molar-refractivity contribution in [3.63, 3.8) is 0 Å². The molecule has 8 rings (SSSR count). The first-order chi connectivity index (χ1) is 26.5. The summed E-state index contributed by atoms with van der Waals surface area (Å²) in [5.41, 5.74) is 5.10. The van der Waals surface area contributed by atoms with Gasteiger partial charge in [0.15, 0.2) is 11.4 Å². The number of imide groups is 1. The Labute approximate surface area is 322 Å². The van der Waals surface area contributed by atoms with Gasteiger partial charge in [0.05, 0.1) is 29.3 Å². The lowest BCUT2D eigenvalue weighted by atomic mass is 9.90. The van der Waals surface area contributed by atoms with Gasteiger partial charge in [0, 0.05) is 69.7 Å². The predicted octanol–water partition coefficient (Wildman–Crippen LogP) is 5.22. The van der Waals surface area contributed by atoms with Gasteiger partial charge >= 0.3 is 0 Å². The van der Waals surface area contributed by atoms with Crippen LogP contribution in [0.25, 0.3) is 22.6 Å². The number of pyridine rings is 1. The number of carbonyl (C=O) groups is 4. The van der Waals surface area contributed by atoms with E-state index in [0.29, 0.717) is 84.6 Å². The van der Waals surface area contributed by atoms with Gasteiger partial charge in [-0.1, -0.05) is 23.7 Å². The van der Waals surface area contributed by atoms with Crippen LogP contribution in [-0.2, 0) is 21.4 Å². The number of piperidine rings is 2. The number of carbonyl (C=O) groups excluding carboxylic acids is 4. The lowest BCUT2D eigenvalue weighted by Crippen LogP contribution is -2.57. The van der Waals surface area contributed by atoms with Crippen LogP contribution in [0.1, 0.15) is 60.1 Å². The molecule has 0 radical (unpaired) electrons. The summed E-state index contributed by atoms with van der Waals surface area (Å²) in [4.78, 5) is 69.7. The average Bonchev–Trinajstić information content (AvgIpc) is 3.77. The molecule has 3 aliphatic heterocycles. The quantitative estimate of drug-likeness (QED) is 0.212. The number of aromatic amines is 1. The van der Waals surface area contributed by atoms with Crippen LogP contribution in [0.2, 0.25) is 5.02 Å². The van der Waals surface area contributed by atoms with Crippen molar-refractivity contribution in [3.05, 3.63) is 82.8 Å². The summed E-state index contributed by atoms with van der Waals surface area (Å²) in [7, 11) is 1.85. The number of amides is 4. The van der Waals surface area contributed by atoms with Gasteiger partial charge in [0.2, 0.25) is 17.7 Å². The topological polar surface area (TPSA) is 159 Å². The van der Waals surface area contributed by atoms with Crippen LogP contribution in [0.4, 0.5) is 5.69 Å². The number of anilines is 1. The van der Waals surface area contributed by atoms with E-state index in [1.54, 1.807) is 33.8 Å². The van der Waals surface area contributed by atoms with Gasteiger partial charge in [-0.3, -0.25) is 29.2 Å². The summed E-state index contributed by atoms with van der Waals surface area (Å²) >= 11 is 6.54. The first kappa shape index (κ1) is 36.2. The maximum atomic E-state index is 13.9. The Kier molecular flexibility index (Phi) is 9.76. The summed E-state index contributed by atoms with van der Waals surface area (Å²) in [5.74, 6) is 0.372. The number of fused-ring (bicyclic) bond motifs is 1.